The molecule has 0 amide bonds. The summed E-state index contributed by atoms with van der Waals surface area (Å²) in [5.74, 6) is 0. The smallest absolute Gasteiger partial charge is 0.381 e. The molecule has 0 rings (SSSR count). The average Bonchev–Trinajstić information content (AvgIpc) is 1.85. The monoisotopic (exact) mass is 169 g/mol. The van der Waals surface area contributed by atoms with Crippen molar-refractivity contribution in [3.05, 3.63) is 6.42 Å². The second-order valence-corrected chi connectivity index (χ2v) is 2.17. The fourth-order valence-electron chi connectivity index (χ4n) is 0.483. The molecule has 1 radical (unpaired) electrons. The molecule has 0 aromatic carbocycles. The topological polar surface area (TPSA) is 9.23 Å². The fraction of sp³-hybridized carbons (Fsp3) is 0.857. The van der Waals surface area contributed by atoms with Gasteiger partial charge >= 0.3 is 6.18 Å². The van der Waals surface area contributed by atoms with Crippen LogP contribution >= 0.6 is 0 Å². The van der Waals surface area contributed by atoms with Crippen molar-refractivity contribution in [2.75, 3.05) is 13.2 Å². The predicted molar refractivity (Wildman–Crippen MR) is 36.1 cm³/mol. The Morgan fingerprint density at radius 1 is 1.36 bits per heavy atom. The lowest BCUT2D eigenvalue weighted by Crippen LogP contribution is -2.12. The van der Waals surface area contributed by atoms with Crippen LogP contribution in [0, 0.1) is 6.42 Å². The van der Waals surface area contributed by atoms with Crippen LogP contribution in [-0.2, 0) is 4.74 Å². The van der Waals surface area contributed by atoms with Crippen LogP contribution in [0.25, 0.3) is 0 Å². The third-order valence-corrected chi connectivity index (χ3v) is 1.07. The molecule has 0 N–H and O–H groups in total. The van der Waals surface area contributed by atoms with Gasteiger partial charge in [-0.25, -0.2) is 0 Å². The zero-order valence-corrected chi connectivity index (χ0v) is 6.45. The lowest BCUT2D eigenvalue weighted by atomic mass is 10.4. The van der Waals surface area contributed by atoms with Gasteiger partial charge in [0.25, 0.3) is 0 Å². The van der Waals surface area contributed by atoms with Gasteiger partial charge in [-0.05, 0) is 6.42 Å². The van der Waals surface area contributed by atoms with Crippen LogP contribution < -0.4 is 0 Å². The molecule has 0 aliphatic heterocycles. The molecule has 0 heterocycles. The minimum atomic E-state index is -4.20. The summed E-state index contributed by atoms with van der Waals surface area (Å²) in [5.41, 5.74) is 0. The third-order valence-electron chi connectivity index (χ3n) is 1.07. The van der Waals surface area contributed by atoms with Crippen LogP contribution in [-0.4, -0.2) is 19.4 Å². The molecule has 4 heteroatoms. The lowest BCUT2D eigenvalue weighted by Gasteiger charge is -2.05. The molecular weight excluding hydrogens is 157 g/mol. The Kier molecular flexibility index (Phi) is 5.28. The molecule has 0 atom stereocenters. The second kappa shape index (κ2) is 5.41. The van der Waals surface area contributed by atoms with Crippen LogP contribution in [0.1, 0.15) is 19.8 Å². The summed E-state index contributed by atoms with van der Waals surface area (Å²) in [6.45, 7) is 2.03. The zero-order chi connectivity index (χ0) is 8.74. The van der Waals surface area contributed by atoms with E-state index in [1.165, 1.54) is 0 Å². The Morgan fingerprint density at radius 2 is 2.00 bits per heavy atom. The molecule has 0 aromatic rings. The Bertz CT molecular complexity index is 90.2. The van der Waals surface area contributed by atoms with Crippen LogP contribution in [0.5, 0.6) is 0 Å². The maximum absolute atomic E-state index is 11.4. The van der Waals surface area contributed by atoms with Crippen LogP contribution in [0.2, 0.25) is 0 Å². The van der Waals surface area contributed by atoms with Crippen molar-refractivity contribution in [3.63, 3.8) is 0 Å². The summed E-state index contributed by atoms with van der Waals surface area (Å²) >= 11 is 0. The van der Waals surface area contributed by atoms with Gasteiger partial charge in [0.15, 0.2) is 0 Å². The van der Waals surface area contributed by atoms with Crippen molar-refractivity contribution in [1.29, 1.82) is 0 Å². The van der Waals surface area contributed by atoms with E-state index in [2.05, 4.69) is 4.74 Å². The van der Waals surface area contributed by atoms with Crippen molar-refractivity contribution in [1.82, 2.24) is 0 Å². The minimum absolute atomic E-state index is 0.211. The van der Waals surface area contributed by atoms with Crippen LogP contribution in [0.3, 0.4) is 0 Å². The number of rotatable bonds is 5. The highest BCUT2D eigenvalue weighted by atomic mass is 19.4. The maximum atomic E-state index is 11.4. The lowest BCUT2D eigenvalue weighted by molar-refractivity contribution is -0.105. The number of hydrogen-bond donors (Lipinski definition) is 0. The molecule has 0 fully saturated rings. The van der Waals surface area contributed by atoms with Crippen LogP contribution in [0.4, 0.5) is 13.2 Å². The molecule has 0 saturated heterocycles. The highest BCUT2D eigenvalue weighted by molar-refractivity contribution is 4.72. The summed E-state index contributed by atoms with van der Waals surface area (Å²) in [5, 5.41) is 0. The molecule has 1 nitrogen and oxygen atoms in total. The number of unbranched alkanes of at least 4 members (excludes halogenated alkanes) is 1. The number of hydrogen-bond acceptors (Lipinski definition) is 1. The van der Waals surface area contributed by atoms with Gasteiger partial charge in [-0.3, -0.25) is 0 Å². The van der Waals surface area contributed by atoms with E-state index in [1.54, 1.807) is 0 Å². The van der Waals surface area contributed by atoms with Crippen molar-refractivity contribution >= 4 is 0 Å². The number of ether oxygens (including phenoxy) is 1. The third kappa shape index (κ3) is 9.75. The molecule has 11 heavy (non-hydrogen) atoms. The molecular formula is C7H12F3O. The summed E-state index contributed by atoms with van der Waals surface area (Å²) in [6, 6.07) is 0. The number of alkyl halides is 3. The first-order valence-corrected chi connectivity index (χ1v) is 3.55. The zero-order valence-electron chi connectivity index (χ0n) is 6.45. The van der Waals surface area contributed by atoms with Crippen molar-refractivity contribution in [3.8, 4) is 0 Å². The molecule has 67 valence electrons. The molecule has 0 aliphatic rings. The van der Waals surface area contributed by atoms with Crippen molar-refractivity contribution in [2.24, 2.45) is 0 Å². The van der Waals surface area contributed by atoms with Gasteiger partial charge in [-0.2, -0.15) is 13.2 Å². The van der Waals surface area contributed by atoms with E-state index in [-0.39, 0.29) is 13.0 Å². The summed E-state index contributed by atoms with van der Waals surface area (Å²) in [4.78, 5) is 0. The summed E-state index contributed by atoms with van der Waals surface area (Å²) in [6.07, 6.45) is -2.24. The first-order chi connectivity index (χ1) is 5.06. The average molecular weight is 169 g/mol. The highest BCUT2D eigenvalue weighted by Gasteiger charge is 2.26. The Hall–Kier alpha value is -0.250. The van der Waals surface area contributed by atoms with E-state index in [9.17, 15) is 13.2 Å². The molecule has 0 unspecified atom stereocenters. The van der Waals surface area contributed by atoms with Gasteiger partial charge in [-0.1, -0.05) is 13.3 Å². The molecule has 0 bridgehead atoms. The Balaban J connectivity index is 3.02. The predicted octanol–water partition coefficient (Wildman–Crippen LogP) is 2.57. The standard InChI is InChI=1S/C7H12F3O/c1-2-3-5-11-6-4-7(8,9)10/h4H,2-3,5-6H2,1H3. The SMILES string of the molecule is CCCCOC[CH]C(F)(F)F. The van der Waals surface area contributed by atoms with E-state index in [0.29, 0.717) is 6.61 Å². The van der Waals surface area contributed by atoms with E-state index in [4.69, 9.17) is 0 Å². The summed E-state index contributed by atoms with van der Waals surface area (Å²) < 4.78 is 39.0. The minimum Gasteiger partial charge on any atom is -0.381 e. The van der Waals surface area contributed by atoms with Gasteiger partial charge in [0, 0.05) is 6.61 Å². The van der Waals surface area contributed by atoms with Crippen LogP contribution in [0.15, 0.2) is 0 Å². The summed E-state index contributed by atoms with van der Waals surface area (Å²) in [7, 11) is 0. The second-order valence-electron chi connectivity index (χ2n) is 2.17. The van der Waals surface area contributed by atoms with Gasteiger partial charge < -0.3 is 4.74 Å². The first-order valence-electron chi connectivity index (χ1n) is 3.55. The quantitative estimate of drug-likeness (QED) is 0.575. The van der Waals surface area contributed by atoms with E-state index in [1.807, 2.05) is 6.92 Å². The normalized spacial score (nSPS) is 12.0. The van der Waals surface area contributed by atoms with Crippen molar-refractivity contribution < 1.29 is 17.9 Å². The van der Waals surface area contributed by atoms with Gasteiger partial charge in [0.2, 0.25) is 0 Å². The Morgan fingerprint density at radius 3 is 2.45 bits per heavy atom. The van der Waals surface area contributed by atoms with Crippen molar-refractivity contribution in [2.45, 2.75) is 25.9 Å². The Labute approximate surface area is 64.5 Å². The molecule has 0 spiro atoms. The van der Waals surface area contributed by atoms with Gasteiger partial charge in [0.1, 0.15) is 0 Å². The highest BCUT2D eigenvalue weighted by Crippen LogP contribution is 2.17. The fourth-order valence-corrected chi connectivity index (χ4v) is 0.483. The van der Waals surface area contributed by atoms with Gasteiger partial charge in [-0.15, -0.1) is 0 Å². The first kappa shape index (κ1) is 10.8. The molecule has 0 aliphatic carbocycles. The maximum Gasteiger partial charge on any atom is 0.394 e. The van der Waals surface area contributed by atoms with E-state index in [0.717, 1.165) is 12.8 Å². The van der Waals surface area contributed by atoms with Gasteiger partial charge in [0.05, 0.1) is 13.0 Å². The van der Waals surface area contributed by atoms with E-state index < -0.39 is 6.18 Å². The molecule has 0 saturated carbocycles. The van der Waals surface area contributed by atoms with E-state index >= 15 is 0 Å². The largest absolute Gasteiger partial charge is 0.394 e. The number of halogens is 3. The molecule has 0 aromatic heterocycles.